The molecule has 2 aliphatic rings. The van der Waals surface area contributed by atoms with Gasteiger partial charge in [-0.25, -0.2) is 19.4 Å². The van der Waals surface area contributed by atoms with Crippen molar-refractivity contribution >= 4 is 17.9 Å². The van der Waals surface area contributed by atoms with Crippen molar-refractivity contribution < 1.29 is 78.7 Å². The molecule has 0 aliphatic carbocycles. The molecule has 3 N–H and O–H groups in total. The number of pyridine rings is 2. The fraction of sp³-hybridized carbons (Fsp3) is 0.480. The summed E-state index contributed by atoms with van der Waals surface area (Å²) in [7, 11) is 0. The molecule has 2 aliphatic heterocycles. The molecule has 0 radical (unpaired) electrons. The zero-order valence-corrected chi connectivity index (χ0v) is 23.0. The third-order valence-electron chi connectivity index (χ3n) is 5.55. The van der Waals surface area contributed by atoms with Gasteiger partial charge in [-0.15, -0.1) is 0 Å². The highest BCUT2D eigenvalue weighted by Crippen LogP contribution is 2.36. The lowest BCUT2D eigenvalue weighted by atomic mass is 9.98. The van der Waals surface area contributed by atoms with Gasteiger partial charge in [0.15, 0.2) is 0 Å². The monoisotopic (exact) mass is 667 g/mol. The molecular weight excluding hydrogens is 641 g/mol. The number of hydrogen-bond acceptors (Lipinski definition) is 8. The molecule has 252 valence electrons. The standard InChI is InChI=1S/C19H23N3O2.3C2HF3O2/c1-15-5-4-6-16(21-15)12-22-10-8-19(14-22)11-17(13-23-19)24-18-7-2-3-9-20-18;3*3-2(4,5)1(6)7/h2-7,9,17H,8,10-14H2,1H3;3*(H,6,7)/t17-,19-;;;/m0.../s1. The minimum Gasteiger partial charge on any atom is -0.475 e. The van der Waals surface area contributed by atoms with E-state index in [1.807, 2.05) is 31.2 Å². The average Bonchev–Trinajstić information content (AvgIpc) is 3.49. The third kappa shape index (κ3) is 14.9. The number of rotatable bonds is 4. The lowest BCUT2D eigenvalue weighted by Crippen LogP contribution is -2.33. The Morgan fingerprint density at radius 2 is 1.44 bits per heavy atom. The maximum Gasteiger partial charge on any atom is 0.490 e. The minimum absolute atomic E-state index is 0.0662. The zero-order valence-electron chi connectivity index (χ0n) is 23.0. The van der Waals surface area contributed by atoms with Gasteiger partial charge in [0.2, 0.25) is 5.88 Å². The number of likely N-dealkylation sites (tertiary alicyclic amines) is 1. The largest absolute Gasteiger partial charge is 0.490 e. The van der Waals surface area contributed by atoms with Crippen LogP contribution in [0.2, 0.25) is 0 Å². The van der Waals surface area contributed by atoms with Gasteiger partial charge in [0.25, 0.3) is 0 Å². The van der Waals surface area contributed by atoms with Crippen LogP contribution in [0.1, 0.15) is 24.2 Å². The highest BCUT2D eigenvalue weighted by Gasteiger charge is 2.46. The molecular formula is C25H26F9N3O8. The van der Waals surface area contributed by atoms with Crippen molar-refractivity contribution in [2.45, 2.75) is 56.5 Å². The normalized spacial score (nSPS) is 19.6. The quantitative estimate of drug-likeness (QED) is 0.394. The Morgan fingerprint density at radius 1 is 0.911 bits per heavy atom. The Hall–Kier alpha value is -4.20. The van der Waals surface area contributed by atoms with Gasteiger partial charge in [-0.1, -0.05) is 12.1 Å². The molecule has 2 saturated heterocycles. The van der Waals surface area contributed by atoms with Gasteiger partial charge in [0, 0.05) is 44.0 Å². The van der Waals surface area contributed by atoms with E-state index in [4.69, 9.17) is 39.2 Å². The SMILES string of the molecule is Cc1cccc(CN2CC[C@]3(C[C@H](Oc4ccccn4)CO3)C2)n1.O=C(O)C(F)(F)F.O=C(O)C(F)(F)F.O=C(O)C(F)(F)F. The molecule has 0 aromatic carbocycles. The van der Waals surface area contributed by atoms with Crippen LogP contribution in [0.3, 0.4) is 0 Å². The number of nitrogens with zero attached hydrogens (tertiary/aromatic N) is 3. The van der Waals surface area contributed by atoms with E-state index >= 15 is 0 Å². The second-order valence-electron chi connectivity index (χ2n) is 9.25. The predicted octanol–water partition coefficient (Wildman–Crippen LogP) is 4.50. The number of carboxylic acids is 3. The number of aryl methyl sites for hydroxylation is 1. The molecule has 0 bridgehead atoms. The summed E-state index contributed by atoms with van der Waals surface area (Å²) in [5, 5.41) is 21.4. The molecule has 2 aromatic heterocycles. The second kappa shape index (κ2) is 16.2. The lowest BCUT2D eigenvalue weighted by Gasteiger charge is -2.23. The zero-order chi connectivity index (χ0) is 34.6. The van der Waals surface area contributed by atoms with E-state index in [-0.39, 0.29) is 11.7 Å². The predicted molar refractivity (Wildman–Crippen MR) is 132 cm³/mol. The maximum absolute atomic E-state index is 10.6. The van der Waals surface area contributed by atoms with Crippen molar-refractivity contribution in [2.24, 2.45) is 0 Å². The first-order valence-electron chi connectivity index (χ1n) is 12.3. The molecule has 0 saturated carbocycles. The van der Waals surface area contributed by atoms with Crippen LogP contribution in [0, 0.1) is 6.92 Å². The average molecular weight is 667 g/mol. The second-order valence-corrected chi connectivity index (χ2v) is 9.25. The van der Waals surface area contributed by atoms with E-state index in [2.05, 4.69) is 27.0 Å². The van der Waals surface area contributed by atoms with Crippen LogP contribution >= 0.6 is 0 Å². The molecule has 2 fully saturated rings. The summed E-state index contributed by atoms with van der Waals surface area (Å²) in [5.74, 6) is -7.59. The van der Waals surface area contributed by atoms with Gasteiger partial charge in [0.1, 0.15) is 6.10 Å². The van der Waals surface area contributed by atoms with Crippen molar-refractivity contribution in [3.63, 3.8) is 0 Å². The van der Waals surface area contributed by atoms with Gasteiger partial charge in [-0.2, -0.15) is 39.5 Å². The van der Waals surface area contributed by atoms with Crippen LogP contribution in [-0.4, -0.2) is 98.0 Å². The van der Waals surface area contributed by atoms with Gasteiger partial charge < -0.3 is 24.8 Å². The summed E-state index contributed by atoms with van der Waals surface area (Å²) in [6.45, 7) is 5.57. The number of hydrogen-bond donors (Lipinski definition) is 3. The molecule has 4 heterocycles. The molecule has 20 heteroatoms. The number of halogens is 9. The molecule has 0 unspecified atom stereocenters. The molecule has 2 aromatic rings. The Labute approximate surface area is 248 Å². The van der Waals surface area contributed by atoms with Crippen LogP contribution in [0.25, 0.3) is 0 Å². The van der Waals surface area contributed by atoms with Gasteiger partial charge in [-0.3, -0.25) is 9.88 Å². The number of alkyl halides is 9. The highest BCUT2D eigenvalue weighted by molar-refractivity contribution is 5.73. The first-order chi connectivity index (χ1) is 20.5. The van der Waals surface area contributed by atoms with E-state index in [0.717, 1.165) is 43.9 Å². The third-order valence-corrected chi connectivity index (χ3v) is 5.55. The van der Waals surface area contributed by atoms with E-state index in [1.54, 1.807) is 6.20 Å². The fourth-order valence-corrected chi connectivity index (χ4v) is 3.73. The van der Waals surface area contributed by atoms with Crippen LogP contribution < -0.4 is 4.74 Å². The van der Waals surface area contributed by atoms with Crippen LogP contribution in [-0.2, 0) is 25.7 Å². The molecule has 11 nitrogen and oxygen atoms in total. The number of aliphatic carboxylic acids is 3. The summed E-state index contributed by atoms with van der Waals surface area (Å²) >= 11 is 0. The van der Waals surface area contributed by atoms with Crippen molar-refractivity contribution in [2.75, 3.05) is 19.7 Å². The summed E-state index contributed by atoms with van der Waals surface area (Å²) in [6, 6.07) is 11.9. The summed E-state index contributed by atoms with van der Waals surface area (Å²) < 4.78 is 107. The number of ether oxygens (including phenoxy) is 2. The van der Waals surface area contributed by atoms with E-state index in [0.29, 0.717) is 12.5 Å². The first kappa shape index (κ1) is 38.8. The summed E-state index contributed by atoms with van der Waals surface area (Å²) in [6.07, 6.45) is -11.4. The Morgan fingerprint density at radius 3 is 1.89 bits per heavy atom. The van der Waals surface area contributed by atoms with E-state index in [1.165, 1.54) is 0 Å². The number of carbonyl (C=O) groups is 3. The molecule has 4 rings (SSSR count). The highest BCUT2D eigenvalue weighted by atomic mass is 19.4. The van der Waals surface area contributed by atoms with Crippen molar-refractivity contribution in [3.05, 3.63) is 54.0 Å². The smallest absolute Gasteiger partial charge is 0.475 e. The maximum atomic E-state index is 10.6. The Kier molecular flexibility index (Phi) is 14.0. The van der Waals surface area contributed by atoms with Crippen LogP contribution in [0.5, 0.6) is 5.88 Å². The topological polar surface area (TPSA) is 159 Å². The van der Waals surface area contributed by atoms with Crippen LogP contribution in [0.15, 0.2) is 42.6 Å². The fourth-order valence-electron chi connectivity index (χ4n) is 3.73. The minimum atomic E-state index is -5.08. The lowest BCUT2D eigenvalue weighted by molar-refractivity contribution is -0.193. The first-order valence-corrected chi connectivity index (χ1v) is 12.3. The summed E-state index contributed by atoms with van der Waals surface area (Å²) in [4.78, 5) is 38.0. The van der Waals surface area contributed by atoms with Gasteiger partial charge in [0.05, 0.1) is 17.9 Å². The molecule has 45 heavy (non-hydrogen) atoms. The molecule has 2 atom stereocenters. The molecule has 0 amide bonds. The van der Waals surface area contributed by atoms with Crippen molar-refractivity contribution in [1.29, 1.82) is 0 Å². The van der Waals surface area contributed by atoms with Crippen molar-refractivity contribution in [1.82, 2.24) is 14.9 Å². The van der Waals surface area contributed by atoms with Gasteiger partial charge in [-0.05, 0) is 31.5 Å². The number of carboxylic acid groups (broad SMARTS) is 3. The Balaban J connectivity index is 0.000000396. The van der Waals surface area contributed by atoms with E-state index < -0.39 is 36.4 Å². The Bertz CT molecular complexity index is 1200. The molecule has 1 spiro atoms. The van der Waals surface area contributed by atoms with Crippen LogP contribution in [0.4, 0.5) is 39.5 Å². The van der Waals surface area contributed by atoms with Crippen molar-refractivity contribution in [3.8, 4) is 5.88 Å². The summed E-state index contributed by atoms with van der Waals surface area (Å²) in [5.41, 5.74) is 2.14. The van der Waals surface area contributed by atoms with Gasteiger partial charge >= 0.3 is 36.4 Å². The number of aromatic nitrogens is 2. The van der Waals surface area contributed by atoms with E-state index in [9.17, 15) is 39.5 Å².